The fourth-order valence-corrected chi connectivity index (χ4v) is 2.36. The minimum atomic E-state index is -0.630. The van der Waals surface area contributed by atoms with Crippen LogP contribution in [0.15, 0.2) is 54.6 Å². The monoisotopic (exact) mass is 326 g/mol. The molecule has 1 atom stereocenters. The van der Waals surface area contributed by atoms with Crippen LogP contribution >= 0.6 is 0 Å². The lowest BCUT2D eigenvalue weighted by Gasteiger charge is -2.25. The van der Waals surface area contributed by atoms with Crippen LogP contribution in [0.1, 0.15) is 12.0 Å². The van der Waals surface area contributed by atoms with Crippen molar-refractivity contribution in [3.8, 4) is 5.75 Å². The summed E-state index contributed by atoms with van der Waals surface area (Å²) in [6.45, 7) is 0.494. The maximum absolute atomic E-state index is 12.0. The van der Waals surface area contributed by atoms with Crippen molar-refractivity contribution in [2.75, 3.05) is 11.9 Å². The van der Waals surface area contributed by atoms with Crippen LogP contribution in [0.2, 0.25) is 0 Å². The third kappa shape index (κ3) is 4.04. The largest absolute Gasteiger partial charge is 0.478 e. The lowest BCUT2D eigenvalue weighted by atomic mass is 10.1. The second-order valence-electron chi connectivity index (χ2n) is 5.37. The topological polar surface area (TPSA) is 76.7 Å². The van der Waals surface area contributed by atoms with E-state index in [0.717, 1.165) is 5.56 Å². The molecule has 1 aliphatic heterocycles. The van der Waals surface area contributed by atoms with E-state index in [1.165, 1.54) is 0 Å². The lowest BCUT2D eigenvalue weighted by molar-refractivity contribution is -0.123. The zero-order valence-corrected chi connectivity index (χ0v) is 13.0. The quantitative estimate of drug-likeness (QED) is 0.886. The molecule has 3 rings (SSSR count). The van der Waals surface area contributed by atoms with Crippen LogP contribution in [0, 0.1) is 0 Å². The van der Waals surface area contributed by atoms with Crippen molar-refractivity contribution in [3.63, 3.8) is 0 Å². The zero-order chi connectivity index (χ0) is 16.8. The third-order valence-electron chi connectivity index (χ3n) is 3.60. The zero-order valence-electron chi connectivity index (χ0n) is 13.0. The molecule has 1 unspecified atom stereocenters. The van der Waals surface area contributed by atoms with E-state index in [1.807, 2.05) is 42.5 Å². The summed E-state index contributed by atoms with van der Waals surface area (Å²) >= 11 is 0. The van der Waals surface area contributed by atoms with Gasteiger partial charge in [0, 0.05) is 13.0 Å². The highest BCUT2D eigenvalue weighted by molar-refractivity contribution is 5.97. The first kappa shape index (κ1) is 15.9. The standard InChI is InChI=1S/C18H18N2O4/c21-17-16(24-15-9-5-4-8-14(15)20-17)10-11-19-18(22)23-12-13-6-2-1-3-7-13/h1-9,16H,10-12H2,(H,19,22)(H,20,21). The number of rotatable bonds is 5. The molecule has 6 heteroatoms. The highest BCUT2D eigenvalue weighted by Gasteiger charge is 2.26. The predicted octanol–water partition coefficient (Wildman–Crippen LogP) is 2.70. The van der Waals surface area contributed by atoms with E-state index in [1.54, 1.807) is 12.1 Å². The van der Waals surface area contributed by atoms with E-state index < -0.39 is 12.2 Å². The average molecular weight is 326 g/mol. The molecule has 2 aromatic carbocycles. The Morgan fingerprint density at radius 2 is 1.88 bits per heavy atom. The fourth-order valence-electron chi connectivity index (χ4n) is 2.36. The van der Waals surface area contributed by atoms with E-state index in [2.05, 4.69) is 10.6 Å². The number of nitrogens with one attached hydrogen (secondary N) is 2. The van der Waals surface area contributed by atoms with Gasteiger partial charge in [0.2, 0.25) is 0 Å². The first-order valence-electron chi connectivity index (χ1n) is 7.73. The van der Waals surface area contributed by atoms with Gasteiger partial charge in [0.05, 0.1) is 5.69 Å². The first-order valence-corrected chi connectivity index (χ1v) is 7.73. The number of hydrogen-bond acceptors (Lipinski definition) is 4. The Morgan fingerprint density at radius 1 is 1.12 bits per heavy atom. The molecule has 0 spiro atoms. The van der Waals surface area contributed by atoms with Crippen LogP contribution in [0.4, 0.5) is 10.5 Å². The molecule has 124 valence electrons. The van der Waals surface area contributed by atoms with Crippen molar-refractivity contribution in [2.45, 2.75) is 19.1 Å². The second-order valence-corrected chi connectivity index (χ2v) is 5.37. The highest BCUT2D eigenvalue weighted by atomic mass is 16.5. The number of carbonyl (C=O) groups excluding carboxylic acids is 2. The molecule has 24 heavy (non-hydrogen) atoms. The number of benzene rings is 2. The minimum absolute atomic E-state index is 0.209. The lowest BCUT2D eigenvalue weighted by Crippen LogP contribution is -2.39. The summed E-state index contributed by atoms with van der Waals surface area (Å²) in [4.78, 5) is 23.6. The normalized spacial score (nSPS) is 15.7. The van der Waals surface area contributed by atoms with Gasteiger partial charge in [0.15, 0.2) is 6.10 Å². The Morgan fingerprint density at radius 3 is 2.71 bits per heavy atom. The Hall–Kier alpha value is -3.02. The molecule has 0 aromatic heterocycles. The molecule has 1 heterocycles. The SMILES string of the molecule is O=C(NCCC1Oc2ccccc2NC1=O)OCc1ccccc1. The van der Waals surface area contributed by atoms with Gasteiger partial charge in [0.1, 0.15) is 12.4 Å². The van der Waals surface area contributed by atoms with Gasteiger partial charge in [0.25, 0.3) is 5.91 Å². The van der Waals surface area contributed by atoms with Crippen molar-refractivity contribution >= 4 is 17.7 Å². The molecule has 0 saturated carbocycles. The molecule has 6 nitrogen and oxygen atoms in total. The van der Waals surface area contributed by atoms with Crippen LogP contribution in [0.25, 0.3) is 0 Å². The number of anilines is 1. The summed E-state index contributed by atoms with van der Waals surface area (Å²) in [5.74, 6) is 0.418. The fraction of sp³-hybridized carbons (Fsp3) is 0.222. The van der Waals surface area contributed by atoms with Crippen LogP contribution in [-0.4, -0.2) is 24.6 Å². The molecular weight excluding hydrogens is 308 g/mol. The average Bonchev–Trinajstić information content (AvgIpc) is 2.61. The van der Waals surface area contributed by atoms with Gasteiger partial charge in [-0.15, -0.1) is 0 Å². The number of alkyl carbamates (subject to hydrolysis) is 1. The van der Waals surface area contributed by atoms with E-state index in [-0.39, 0.29) is 19.1 Å². The maximum atomic E-state index is 12.0. The molecular formula is C18H18N2O4. The molecule has 0 radical (unpaired) electrons. The number of hydrogen-bond donors (Lipinski definition) is 2. The number of fused-ring (bicyclic) bond motifs is 1. The van der Waals surface area contributed by atoms with Gasteiger partial charge in [-0.3, -0.25) is 4.79 Å². The molecule has 0 bridgehead atoms. The van der Waals surface area contributed by atoms with Crippen molar-refractivity contribution in [3.05, 3.63) is 60.2 Å². The van der Waals surface area contributed by atoms with Crippen molar-refractivity contribution in [2.24, 2.45) is 0 Å². The highest BCUT2D eigenvalue weighted by Crippen LogP contribution is 2.29. The Bertz CT molecular complexity index is 718. The molecule has 2 amide bonds. The van der Waals surface area contributed by atoms with Crippen molar-refractivity contribution in [1.82, 2.24) is 5.32 Å². The van der Waals surface area contributed by atoms with Crippen LogP contribution in [0.3, 0.4) is 0 Å². The summed E-state index contributed by atoms with van der Waals surface area (Å²) in [6.07, 6.45) is -0.787. The third-order valence-corrected chi connectivity index (χ3v) is 3.60. The van der Waals surface area contributed by atoms with Crippen LogP contribution < -0.4 is 15.4 Å². The van der Waals surface area contributed by atoms with Gasteiger partial charge in [-0.2, -0.15) is 0 Å². The molecule has 1 aliphatic rings. The predicted molar refractivity (Wildman–Crippen MR) is 88.7 cm³/mol. The van der Waals surface area contributed by atoms with Crippen LogP contribution in [0.5, 0.6) is 5.75 Å². The van der Waals surface area contributed by atoms with E-state index in [0.29, 0.717) is 17.9 Å². The van der Waals surface area contributed by atoms with Gasteiger partial charge in [-0.25, -0.2) is 4.79 Å². The van der Waals surface area contributed by atoms with Gasteiger partial charge in [-0.05, 0) is 17.7 Å². The Balaban J connectivity index is 1.42. The summed E-state index contributed by atoms with van der Waals surface area (Å²) in [5.41, 5.74) is 1.58. The van der Waals surface area contributed by atoms with E-state index in [4.69, 9.17) is 9.47 Å². The van der Waals surface area contributed by atoms with E-state index in [9.17, 15) is 9.59 Å². The number of para-hydroxylation sites is 2. The Labute approximate surface area is 139 Å². The summed E-state index contributed by atoms with van der Waals surface area (Å²) in [7, 11) is 0. The maximum Gasteiger partial charge on any atom is 0.407 e. The van der Waals surface area contributed by atoms with E-state index >= 15 is 0 Å². The van der Waals surface area contributed by atoms with Gasteiger partial charge < -0.3 is 20.1 Å². The van der Waals surface area contributed by atoms with Crippen LogP contribution in [-0.2, 0) is 16.1 Å². The van der Waals surface area contributed by atoms with Crippen molar-refractivity contribution < 1.29 is 19.1 Å². The first-order chi connectivity index (χ1) is 11.7. The number of carbonyl (C=O) groups is 2. The molecule has 2 N–H and O–H groups in total. The molecule has 2 aromatic rings. The second kappa shape index (κ2) is 7.50. The number of amides is 2. The summed E-state index contributed by atoms with van der Waals surface area (Å²) in [5, 5.41) is 5.41. The molecule has 0 aliphatic carbocycles. The molecule has 0 fully saturated rings. The summed E-state index contributed by atoms with van der Waals surface area (Å²) < 4.78 is 10.8. The van der Waals surface area contributed by atoms with Gasteiger partial charge in [-0.1, -0.05) is 42.5 Å². The minimum Gasteiger partial charge on any atom is -0.478 e. The van der Waals surface area contributed by atoms with Gasteiger partial charge >= 0.3 is 6.09 Å². The van der Waals surface area contributed by atoms with Crippen molar-refractivity contribution in [1.29, 1.82) is 0 Å². The molecule has 0 saturated heterocycles. The number of ether oxygens (including phenoxy) is 2. The Kier molecular flexibility index (Phi) is 4.96. The smallest absolute Gasteiger partial charge is 0.407 e. The summed E-state index contributed by atoms with van der Waals surface area (Å²) in [6, 6.07) is 16.7.